The maximum absolute atomic E-state index is 13.7. The molecular weight excluding hydrogens is 546 g/mol. The molecule has 0 heterocycles. The molecule has 0 unspecified atom stereocenters. The van der Waals surface area contributed by atoms with Gasteiger partial charge in [-0.3, -0.25) is 19.2 Å². The minimum Gasteiger partial charge on any atom is -0.495 e. The van der Waals surface area contributed by atoms with Gasteiger partial charge in [0.25, 0.3) is 15.7 Å². The van der Waals surface area contributed by atoms with Crippen LogP contribution >= 0.6 is 11.6 Å². The Morgan fingerprint density at radius 1 is 1.10 bits per heavy atom. The normalized spacial score (nSPS) is 11.1. The number of carbonyl (C=O) groups excluding carboxylic acids is 1. The van der Waals surface area contributed by atoms with E-state index in [2.05, 4.69) is 5.32 Å². The van der Waals surface area contributed by atoms with Crippen LogP contribution in [-0.2, 0) is 21.2 Å². The zero-order valence-corrected chi connectivity index (χ0v) is 23.4. The van der Waals surface area contributed by atoms with Gasteiger partial charge in [-0.25, -0.2) is 8.42 Å². The average molecular weight is 576 g/mol. The Hall–Kier alpha value is -3.83. The summed E-state index contributed by atoms with van der Waals surface area (Å²) in [6.45, 7) is 3.72. The standard InChI is InChI=1S/C27H30ClN3O7S/c1-4-38-22-11-8-20(9-12-22)6-5-15-29-27(32)18-30(25-16-21(28)10-14-26(25)37-3)39(35,36)23-13-7-19(2)24(17-23)31(33)34/h7-14,16-17H,4-6,15,18H2,1-3H3,(H,29,32). The first-order valence-corrected chi connectivity index (χ1v) is 14.0. The number of benzene rings is 3. The first-order valence-electron chi connectivity index (χ1n) is 12.2. The minimum atomic E-state index is -4.44. The number of nitro benzene ring substituents is 1. The number of amides is 1. The molecule has 12 heteroatoms. The average Bonchev–Trinajstić information content (AvgIpc) is 2.90. The van der Waals surface area contributed by atoms with E-state index in [-0.39, 0.29) is 27.0 Å². The number of hydrogen-bond donors (Lipinski definition) is 1. The summed E-state index contributed by atoms with van der Waals surface area (Å²) in [7, 11) is -3.08. The van der Waals surface area contributed by atoms with E-state index in [0.29, 0.717) is 31.6 Å². The number of hydrogen-bond acceptors (Lipinski definition) is 7. The smallest absolute Gasteiger partial charge is 0.273 e. The van der Waals surface area contributed by atoms with Crippen LogP contribution in [0.25, 0.3) is 0 Å². The predicted molar refractivity (Wildman–Crippen MR) is 149 cm³/mol. The van der Waals surface area contributed by atoms with Crippen LogP contribution in [0.3, 0.4) is 0 Å². The molecule has 0 spiro atoms. The van der Waals surface area contributed by atoms with Gasteiger partial charge in [-0.15, -0.1) is 0 Å². The molecule has 3 rings (SSSR count). The molecule has 1 N–H and O–H groups in total. The Kier molecular flexibility index (Phi) is 10.1. The van der Waals surface area contributed by atoms with Gasteiger partial charge in [0.1, 0.15) is 18.0 Å². The molecule has 0 atom stereocenters. The monoisotopic (exact) mass is 575 g/mol. The summed E-state index contributed by atoms with van der Waals surface area (Å²) in [6, 6.07) is 15.6. The number of aryl methyl sites for hydroxylation is 2. The minimum absolute atomic E-state index is 0.0257. The number of nitro groups is 1. The lowest BCUT2D eigenvalue weighted by Crippen LogP contribution is -2.41. The SMILES string of the molecule is CCOc1ccc(CCCNC(=O)CN(c2cc(Cl)ccc2OC)S(=O)(=O)c2ccc(C)c([N+](=O)[O-])c2)cc1. The number of rotatable bonds is 13. The molecule has 0 aliphatic rings. The third kappa shape index (κ3) is 7.61. The zero-order chi connectivity index (χ0) is 28.6. The Labute approximate surface area is 232 Å². The quantitative estimate of drug-likeness (QED) is 0.174. The highest BCUT2D eigenvalue weighted by molar-refractivity contribution is 7.92. The number of carbonyl (C=O) groups is 1. The number of anilines is 1. The van der Waals surface area contributed by atoms with E-state index in [1.54, 1.807) is 0 Å². The molecule has 0 aliphatic carbocycles. The molecule has 208 valence electrons. The third-order valence-corrected chi connectivity index (χ3v) is 7.85. The molecule has 3 aromatic carbocycles. The maximum Gasteiger partial charge on any atom is 0.273 e. The van der Waals surface area contributed by atoms with Crippen LogP contribution < -0.4 is 19.1 Å². The van der Waals surface area contributed by atoms with Gasteiger partial charge in [-0.2, -0.15) is 0 Å². The fraction of sp³-hybridized carbons (Fsp3) is 0.296. The number of nitrogens with one attached hydrogen (secondary N) is 1. The molecular formula is C27H30ClN3O7S. The Balaban J connectivity index is 1.81. The van der Waals surface area contributed by atoms with Gasteiger partial charge in [0.05, 0.1) is 29.2 Å². The third-order valence-electron chi connectivity index (χ3n) is 5.86. The van der Waals surface area contributed by atoms with E-state index < -0.39 is 27.4 Å². The van der Waals surface area contributed by atoms with E-state index in [1.165, 1.54) is 44.4 Å². The van der Waals surface area contributed by atoms with Crippen LogP contribution in [-0.4, -0.2) is 46.1 Å². The van der Waals surface area contributed by atoms with E-state index in [0.717, 1.165) is 21.7 Å². The van der Waals surface area contributed by atoms with Crippen LogP contribution in [0.15, 0.2) is 65.6 Å². The number of nitrogens with zero attached hydrogens (tertiary/aromatic N) is 2. The van der Waals surface area contributed by atoms with Gasteiger partial charge < -0.3 is 14.8 Å². The second kappa shape index (κ2) is 13.3. The zero-order valence-electron chi connectivity index (χ0n) is 21.8. The van der Waals surface area contributed by atoms with Crippen molar-refractivity contribution in [3.8, 4) is 11.5 Å². The molecule has 0 bridgehead atoms. The van der Waals surface area contributed by atoms with Crippen LogP contribution in [0.1, 0.15) is 24.5 Å². The number of halogens is 1. The van der Waals surface area contributed by atoms with Crippen LogP contribution in [0, 0.1) is 17.0 Å². The van der Waals surface area contributed by atoms with Crippen LogP contribution in [0.5, 0.6) is 11.5 Å². The molecule has 1 amide bonds. The summed E-state index contributed by atoms with van der Waals surface area (Å²) >= 11 is 6.15. The van der Waals surface area contributed by atoms with Crippen molar-refractivity contribution in [1.82, 2.24) is 5.32 Å². The summed E-state index contributed by atoms with van der Waals surface area (Å²) in [5, 5.41) is 14.4. The lowest BCUT2D eigenvalue weighted by atomic mass is 10.1. The van der Waals surface area contributed by atoms with Crippen molar-refractivity contribution < 1.29 is 27.6 Å². The van der Waals surface area contributed by atoms with Gasteiger partial charge in [0.2, 0.25) is 5.91 Å². The molecule has 0 fully saturated rings. The van der Waals surface area contributed by atoms with Crippen LogP contribution in [0.4, 0.5) is 11.4 Å². The maximum atomic E-state index is 13.7. The Bertz CT molecular complexity index is 1430. The molecule has 10 nitrogen and oxygen atoms in total. The molecule has 0 aromatic heterocycles. The van der Waals surface area contributed by atoms with Crippen molar-refractivity contribution in [2.75, 3.05) is 31.1 Å². The lowest BCUT2D eigenvalue weighted by Gasteiger charge is -2.26. The molecule has 39 heavy (non-hydrogen) atoms. The van der Waals surface area contributed by atoms with Gasteiger partial charge >= 0.3 is 0 Å². The van der Waals surface area contributed by atoms with Crippen LogP contribution in [0.2, 0.25) is 5.02 Å². The lowest BCUT2D eigenvalue weighted by molar-refractivity contribution is -0.385. The number of methoxy groups -OCH3 is 1. The van der Waals surface area contributed by atoms with Crippen molar-refractivity contribution in [2.45, 2.75) is 31.6 Å². The van der Waals surface area contributed by atoms with E-state index >= 15 is 0 Å². The summed E-state index contributed by atoms with van der Waals surface area (Å²) < 4.78 is 39.1. The number of ether oxygens (including phenoxy) is 2. The molecule has 0 aliphatic heterocycles. The molecule has 0 saturated heterocycles. The molecule has 3 aromatic rings. The van der Waals surface area contributed by atoms with Crippen molar-refractivity contribution in [1.29, 1.82) is 0 Å². The fourth-order valence-corrected chi connectivity index (χ4v) is 5.47. The first-order chi connectivity index (χ1) is 18.6. The van der Waals surface area contributed by atoms with Gasteiger partial charge in [0, 0.05) is 23.2 Å². The van der Waals surface area contributed by atoms with Gasteiger partial charge in [-0.05, 0) is 68.7 Å². The van der Waals surface area contributed by atoms with E-state index in [9.17, 15) is 23.3 Å². The first kappa shape index (κ1) is 29.7. The summed E-state index contributed by atoms with van der Waals surface area (Å²) in [5.41, 5.74) is 1.04. The topological polar surface area (TPSA) is 128 Å². The van der Waals surface area contributed by atoms with Crippen molar-refractivity contribution in [3.63, 3.8) is 0 Å². The van der Waals surface area contributed by atoms with Gasteiger partial charge in [-0.1, -0.05) is 29.8 Å². The highest BCUT2D eigenvalue weighted by Crippen LogP contribution is 2.35. The summed E-state index contributed by atoms with van der Waals surface area (Å²) in [4.78, 5) is 23.4. The van der Waals surface area contributed by atoms with Gasteiger partial charge in [0.15, 0.2) is 0 Å². The highest BCUT2D eigenvalue weighted by atomic mass is 35.5. The Morgan fingerprint density at radius 2 is 1.82 bits per heavy atom. The highest BCUT2D eigenvalue weighted by Gasteiger charge is 2.31. The van der Waals surface area contributed by atoms with Crippen molar-refractivity contribution >= 4 is 38.9 Å². The molecule has 0 radical (unpaired) electrons. The number of sulfonamides is 1. The second-order valence-electron chi connectivity index (χ2n) is 8.56. The summed E-state index contributed by atoms with van der Waals surface area (Å²) in [5.74, 6) is 0.382. The van der Waals surface area contributed by atoms with E-state index in [4.69, 9.17) is 21.1 Å². The second-order valence-corrected chi connectivity index (χ2v) is 10.9. The fourth-order valence-electron chi connectivity index (χ4n) is 3.86. The molecule has 0 saturated carbocycles. The van der Waals surface area contributed by atoms with E-state index in [1.807, 2.05) is 31.2 Å². The largest absolute Gasteiger partial charge is 0.495 e. The Morgan fingerprint density at radius 3 is 2.46 bits per heavy atom. The summed E-state index contributed by atoms with van der Waals surface area (Å²) in [6.07, 6.45) is 1.32. The predicted octanol–water partition coefficient (Wildman–Crippen LogP) is 4.91. The van der Waals surface area contributed by atoms with Crippen molar-refractivity contribution in [2.24, 2.45) is 0 Å². The van der Waals surface area contributed by atoms with Crippen molar-refractivity contribution in [3.05, 3.63) is 86.9 Å².